The predicted molar refractivity (Wildman–Crippen MR) is 90.8 cm³/mol. The largest absolute Gasteiger partial charge is 0.383 e. The smallest absolute Gasteiger partial charge is 0.188 e. The molecule has 1 heterocycles. The van der Waals surface area contributed by atoms with Gasteiger partial charge in [-0.3, -0.25) is 4.99 Å². The molecule has 0 unspecified atom stereocenters. The minimum Gasteiger partial charge on any atom is -0.383 e. The molecule has 0 atom stereocenters. The Morgan fingerprint density at radius 2 is 2.10 bits per heavy atom. The van der Waals surface area contributed by atoms with Gasteiger partial charge in [0.2, 0.25) is 0 Å². The highest BCUT2D eigenvalue weighted by molar-refractivity contribution is 14.0. The molecule has 0 spiro atoms. The lowest BCUT2D eigenvalue weighted by atomic mass is 10.0. The van der Waals surface area contributed by atoms with Crippen LogP contribution in [0.25, 0.3) is 0 Å². The fourth-order valence-electron chi connectivity index (χ4n) is 1.87. The normalized spacial score (nSPS) is 16.8. The van der Waals surface area contributed by atoms with E-state index in [0.29, 0.717) is 31.6 Å². The van der Waals surface area contributed by atoms with Crippen molar-refractivity contribution < 1.29 is 14.2 Å². The van der Waals surface area contributed by atoms with Crippen LogP contribution >= 0.6 is 24.0 Å². The zero-order chi connectivity index (χ0) is 13.8. The van der Waals surface area contributed by atoms with Crippen molar-refractivity contribution in [2.45, 2.75) is 19.3 Å². The summed E-state index contributed by atoms with van der Waals surface area (Å²) in [5.74, 6) is 1.14. The molecular weight excluding hydrogens is 373 g/mol. The monoisotopic (exact) mass is 401 g/mol. The van der Waals surface area contributed by atoms with Crippen molar-refractivity contribution in [3.05, 3.63) is 0 Å². The van der Waals surface area contributed by atoms with Crippen molar-refractivity contribution in [3.8, 4) is 0 Å². The molecule has 0 amide bonds. The van der Waals surface area contributed by atoms with E-state index in [1.54, 1.807) is 7.11 Å². The standard InChI is InChI=1S/C13H27N3O3.HI/c1-17-10-6-16-13(14)15-5-2-7-19-11-12-3-8-18-9-4-12;/h12H,2-11H2,1H3,(H3,14,15,16);1H. The minimum absolute atomic E-state index is 0. The Labute approximate surface area is 138 Å². The maximum absolute atomic E-state index is 5.67. The van der Waals surface area contributed by atoms with Crippen molar-refractivity contribution in [1.29, 1.82) is 0 Å². The lowest BCUT2D eigenvalue weighted by Crippen LogP contribution is -2.34. The van der Waals surface area contributed by atoms with Gasteiger partial charge in [-0.05, 0) is 25.2 Å². The van der Waals surface area contributed by atoms with Crippen LogP contribution in [0, 0.1) is 5.92 Å². The Morgan fingerprint density at radius 1 is 1.35 bits per heavy atom. The quantitative estimate of drug-likeness (QED) is 0.261. The highest BCUT2D eigenvalue weighted by Crippen LogP contribution is 2.14. The average molecular weight is 401 g/mol. The summed E-state index contributed by atoms with van der Waals surface area (Å²) in [6.45, 7) is 5.35. The summed E-state index contributed by atoms with van der Waals surface area (Å²) in [5.41, 5.74) is 5.67. The Kier molecular flexibility index (Phi) is 13.8. The van der Waals surface area contributed by atoms with Gasteiger partial charge in [-0.15, -0.1) is 24.0 Å². The lowest BCUT2D eigenvalue weighted by molar-refractivity contribution is 0.0205. The Bertz CT molecular complexity index is 249. The molecule has 6 nitrogen and oxygen atoms in total. The number of hydrogen-bond acceptors (Lipinski definition) is 4. The third kappa shape index (κ3) is 10.6. The molecule has 1 aliphatic rings. The molecule has 0 aromatic carbocycles. The molecule has 0 aliphatic carbocycles. The van der Waals surface area contributed by atoms with Crippen molar-refractivity contribution in [2.24, 2.45) is 16.6 Å². The summed E-state index contributed by atoms with van der Waals surface area (Å²) < 4.78 is 15.9. The number of aliphatic imine (C=N–C) groups is 1. The van der Waals surface area contributed by atoms with Gasteiger partial charge in [-0.25, -0.2) is 0 Å². The summed E-state index contributed by atoms with van der Waals surface area (Å²) in [6.07, 6.45) is 3.14. The number of ether oxygens (including phenoxy) is 3. The molecule has 3 N–H and O–H groups in total. The highest BCUT2D eigenvalue weighted by atomic mass is 127. The van der Waals surface area contributed by atoms with Gasteiger partial charge in [-0.2, -0.15) is 0 Å². The molecule has 0 bridgehead atoms. The van der Waals surface area contributed by atoms with E-state index in [0.717, 1.165) is 45.7 Å². The second-order valence-electron chi connectivity index (χ2n) is 4.67. The molecule has 1 rings (SSSR count). The lowest BCUT2D eigenvalue weighted by Gasteiger charge is -2.21. The first-order chi connectivity index (χ1) is 9.33. The third-order valence-electron chi connectivity index (χ3n) is 3.04. The fourth-order valence-corrected chi connectivity index (χ4v) is 1.87. The van der Waals surface area contributed by atoms with Crippen molar-refractivity contribution >= 4 is 29.9 Å². The summed E-state index contributed by atoms with van der Waals surface area (Å²) >= 11 is 0. The molecule has 1 fully saturated rings. The van der Waals surface area contributed by atoms with Gasteiger partial charge in [0, 0.05) is 46.6 Å². The highest BCUT2D eigenvalue weighted by Gasteiger charge is 2.13. The number of methoxy groups -OCH3 is 1. The molecule has 20 heavy (non-hydrogen) atoms. The SMILES string of the molecule is COCCNC(N)=NCCCOCC1CCOCC1.I. The van der Waals surface area contributed by atoms with Crippen LogP contribution in [-0.2, 0) is 14.2 Å². The van der Waals surface area contributed by atoms with Gasteiger partial charge in [0.25, 0.3) is 0 Å². The van der Waals surface area contributed by atoms with Crippen LogP contribution < -0.4 is 11.1 Å². The van der Waals surface area contributed by atoms with Crippen molar-refractivity contribution in [1.82, 2.24) is 5.32 Å². The van der Waals surface area contributed by atoms with Crippen LogP contribution in [0.15, 0.2) is 4.99 Å². The van der Waals surface area contributed by atoms with Crippen LogP contribution in [0.5, 0.6) is 0 Å². The molecule has 120 valence electrons. The Morgan fingerprint density at radius 3 is 2.80 bits per heavy atom. The number of nitrogens with zero attached hydrogens (tertiary/aromatic N) is 1. The van der Waals surface area contributed by atoms with E-state index < -0.39 is 0 Å². The van der Waals surface area contributed by atoms with Crippen molar-refractivity contribution in [3.63, 3.8) is 0 Å². The Hall–Kier alpha value is -0.120. The number of rotatable bonds is 9. The molecule has 0 radical (unpaired) electrons. The van der Waals surface area contributed by atoms with Crippen molar-refractivity contribution in [2.75, 3.05) is 53.2 Å². The number of hydrogen-bond donors (Lipinski definition) is 2. The van der Waals surface area contributed by atoms with Crippen LogP contribution in [0.1, 0.15) is 19.3 Å². The molecule has 1 aliphatic heterocycles. The number of halogens is 1. The number of nitrogens with two attached hydrogens (primary N) is 1. The third-order valence-corrected chi connectivity index (χ3v) is 3.04. The summed E-state index contributed by atoms with van der Waals surface area (Å²) in [4.78, 5) is 4.21. The van der Waals surface area contributed by atoms with Crippen LogP contribution in [0.3, 0.4) is 0 Å². The zero-order valence-electron chi connectivity index (χ0n) is 12.3. The second kappa shape index (κ2) is 13.8. The maximum Gasteiger partial charge on any atom is 0.188 e. The average Bonchev–Trinajstić information content (AvgIpc) is 2.44. The van der Waals surface area contributed by atoms with Gasteiger partial charge < -0.3 is 25.3 Å². The second-order valence-corrected chi connectivity index (χ2v) is 4.67. The van der Waals surface area contributed by atoms with Crippen LogP contribution in [0.2, 0.25) is 0 Å². The van der Waals surface area contributed by atoms with Gasteiger partial charge in [0.15, 0.2) is 5.96 Å². The molecule has 0 aromatic rings. The predicted octanol–water partition coefficient (Wildman–Crippen LogP) is 0.988. The van der Waals surface area contributed by atoms with E-state index in [1.165, 1.54) is 0 Å². The molecular formula is C13H28IN3O3. The van der Waals surface area contributed by atoms with Gasteiger partial charge in [-0.1, -0.05) is 0 Å². The Balaban J connectivity index is 0.00000361. The van der Waals surface area contributed by atoms with E-state index in [4.69, 9.17) is 19.9 Å². The van der Waals surface area contributed by atoms with E-state index in [1.807, 2.05) is 0 Å². The topological polar surface area (TPSA) is 78.1 Å². The van der Waals surface area contributed by atoms with E-state index in [-0.39, 0.29) is 24.0 Å². The summed E-state index contributed by atoms with van der Waals surface area (Å²) in [5, 5.41) is 2.97. The first-order valence-corrected chi connectivity index (χ1v) is 7.01. The van der Waals surface area contributed by atoms with E-state index in [9.17, 15) is 0 Å². The fraction of sp³-hybridized carbons (Fsp3) is 0.923. The summed E-state index contributed by atoms with van der Waals surface area (Å²) in [7, 11) is 1.66. The summed E-state index contributed by atoms with van der Waals surface area (Å²) in [6, 6.07) is 0. The van der Waals surface area contributed by atoms with Gasteiger partial charge in [0.05, 0.1) is 6.61 Å². The minimum atomic E-state index is 0. The first-order valence-electron chi connectivity index (χ1n) is 7.01. The number of nitrogens with one attached hydrogen (secondary N) is 1. The molecule has 0 aromatic heterocycles. The maximum atomic E-state index is 5.67. The van der Waals surface area contributed by atoms with E-state index >= 15 is 0 Å². The van der Waals surface area contributed by atoms with Crippen LogP contribution in [0.4, 0.5) is 0 Å². The van der Waals surface area contributed by atoms with Gasteiger partial charge >= 0.3 is 0 Å². The van der Waals surface area contributed by atoms with E-state index in [2.05, 4.69) is 10.3 Å². The number of guanidine groups is 1. The molecule has 1 saturated heterocycles. The zero-order valence-corrected chi connectivity index (χ0v) is 14.6. The van der Waals surface area contributed by atoms with Gasteiger partial charge in [0.1, 0.15) is 0 Å². The van der Waals surface area contributed by atoms with Crippen LogP contribution in [-0.4, -0.2) is 59.2 Å². The first kappa shape index (κ1) is 19.9. The molecule has 0 saturated carbocycles. The molecule has 7 heteroatoms.